The Hall–Kier alpha value is -2.93. The van der Waals surface area contributed by atoms with Crippen LogP contribution in [0.1, 0.15) is 12.5 Å². The molecule has 0 aliphatic rings. The van der Waals surface area contributed by atoms with Crippen molar-refractivity contribution in [3.63, 3.8) is 0 Å². The molecule has 0 aliphatic carbocycles. The lowest BCUT2D eigenvalue weighted by Gasteiger charge is -2.28. The number of carbonyl (C=O) groups excluding carboxylic acids is 2. The third kappa shape index (κ3) is 4.97. The molecule has 30 heavy (non-hydrogen) atoms. The van der Waals surface area contributed by atoms with Gasteiger partial charge in [-0.15, -0.1) is 0 Å². The van der Waals surface area contributed by atoms with Crippen LogP contribution in [0.2, 0.25) is 0 Å². The second-order valence-corrected chi connectivity index (χ2v) is 7.62. The lowest BCUT2D eigenvalue weighted by Crippen LogP contribution is -2.48. The number of amides is 2. The minimum Gasteiger partial charge on any atom is -0.483 e. The molecule has 7 heteroatoms. The van der Waals surface area contributed by atoms with Gasteiger partial charge in [0.1, 0.15) is 17.6 Å². The normalized spacial score (nSPS) is 11.7. The highest BCUT2D eigenvalue weighted by Crippen LogP contribution is 2.33. The molecule has 3 aromatic rings. The third-order valence-corrected chi connectivity index (χ3v) is 5.68. The summed E-state index contributed by atoms with van der Waals surface area (Å²) in [5, 5.41) is 4.58. The Morgan fingerprint density at radius 1 is 1.10 bits per heavy atom. The van der Waals surface area contributed by atoms with E-state index in [1.54, 1.807) is 25.1 Å². The quantitative estimate of drug-likeness (QED) is 0.558. The van der Waals surface area contributed by atoms with E-state index in [2.05, 4.69) is 21.2 Å². The van der Waals surface area contributed by atoms with Crippen LogP contribution in [0.5, 0.6) is 5.75 Å². The highest BCUT2D eigenvalue weighted by molar-refractivity contribution is 9.10. The lowest BCUT2D eigenvalue weighted by atomic mass is 10.1. The van der Waals surface area contributed by atoms with Gasteiger partial charge in [-0.25, -0.2) is 4.39 Å². The van der Waals surface area contributed by atoms with E-state index in [-0.39, 0.29) is 30.8 Å². The molecular formula is C23H22BrFN2O3. The number of ether oxygens (including phenoxy) is 1. The van der Waals surface area contributed by atoms with E-state index in [4.69, 9.17) is 4.74 Å². The molecule has 3 rings (SSSR count). The maximum absolute atomic E-state index is 13.2. The summed E-state index contributed by atoms with van der Waals surface area (Å²) in [4.78, 5) is 26.5. The summed E-state index contributed by atoms with van der Waals surface area (Å²) < 4.78 is 19.8. The molecule has 0 spiro atoms. The zero-order valence-electron chi connectivity index (χ0n) is 16.7. The van der Waals surface area contributed by atoms with Gasteiger partial charge < -0.3 is 15.0 Å². The van der Waals surface area contributed by atoms with Crippen molar-refractivity contribution < 1.29 is 18.7 Å². The van der Waals surface area contributed by atoms with E-state index in [1.165, 1.54) is 24.1 Å². The second-order valence-electron chi connectivity index (χ2n) is 6.83. The van der Waals surface area contributed by atoms with E-state index in [0.717, 1.165) is 15.2 Å². The summed E-state index contributed by atoms with van der Waals surface area (Å²) in [7, 11) is 1.52. The van der Waals surface area contributed by atoms with Gasteiger partial charge in [0, 0.05) is 13.6 Å². The first-order chi connectivity index (χ1) is 14.4. The van der Waals surface area contributed by atoms with Crippen molar-refractivity contribution in [2.45, 2.75) is 19.5 Å². The number of hydrogen-bond acceptors (Lipinski definition) is 3. The summed E-state index contributed by atoms with van der Waals surface area (Å²) in [6, 6.07) is 16.7. The fourth-order valence-electron chi connectivity index (χ4n) is 3.13. The Kier molecular flexibility index (Phi) is 7.05. The summed E-state index contributed by atoms with van der Waals surface area (Å²) in [5.74, 6) is -0.468. The van der Waals surface area contributed by atoms with Gasteiger partial charge in [0.05, 0.1) is 4.47 Å². The number of rotatable bonds is 7. The van der Waals surface area contributed by atoms with Crippen molar-refractivity contribution in [1.82, 2.24) is 10.2 Å². The molecular weight excluding hydrogens is 451 g/mol. The molecule has 1 atom stereocenters. The van der Waals surface area contributed by atoms with Crippen LogP contribution in [0.15, 0.2) is 65.1 Å². The molecule has 156 valence electrons. The molecule has 0 heterocycles. The molecule has 0 saturated carbocycles. The number of carbonyl (C=O) groups is 2. The summed E-state index contributed by atoms with van der Waals surface area (Å²) in [6.45, 7) is 1.57. The first-order valence-corrected chi connectivity index (χ1v) is 10.3. The fourth-order valence-corrected chi connectivity index (χ4v) is 3.73. The standard InChI is InChI=1S/C23H22BrFN2O3/c1-15(23(29)26-2)27(13-16-7-10-18(25)11-8-16)21(28)14-30-20-12-9-17-5-3-4-6-19(17)22(20)24/h3-12,15H,13-14H2,1-2H3,(H,26,29)/t15-/m1/s1. The summed E-state index contributed by atoms with van der Waals surface area (Å²) in [6.07, 6.45) is 0. The average Bonchev–Trinajstić information content (AvgIpc) is 2.77. The number of halogens is 2. The number of nitrogens with zero attached hydrogens (tertiary/aromatic N) is 1. The van der Waals surface area contributed by atoms with E-state index < -0.39 is 6.04 Å². The monoisotopic (exact) mass is 472 g/mol. The SMILES string of the molecule is CNC(=O)[C@@H](C)N(Cc1ccc(F)cc1)C(=O)COc1ccc2ccccc2c1Br. The molecule has 0 bridgehead atoms. The number of likely N-dealkylation sites (N-methyl/N-ethyl adjacent to an activating group) is 1. The Balaban J connectivity index is 1.78. The maximum Gasteiger partial charge on any atom is 0.261 e. The van der Waals surface area contributed by atoms with Crippen molar-refractivity contribution >= 4 is 38.5 Å². The Bertz CT molecular complexity index is 1060. The van der Waals surface area contributed by atoms with Gasteiger partial charge in [-0.3, -0.25) is 9.59 Å². The molecule has 5 nitrogen and oxygen atoms in total. The molecule has 0 saturated heterocycles. The molecule has 2 amide bonds. The summed E-state index contributed by atoms with van der Waals surface area (Å²) in [5.41, 5.74) is 0.715. The van der Waals surface area contributed by atoms with Crippen LogP contribution in [0.25, 0.3) is 10.8 Å². The molecule has 0 radical (unpaired) electrons. The van der Waals surface area contributed by atoms with Gasteiger partial charge in [0.15, 0.2) is 6.61 Å². The molecule has 3 aromatic carbocycles. The molecule has 1 N–H and O–H groups in total. The maximum atomic E-state index is 13.2. The van der Waals surface area contributed by atoms with Crippen molar-refractivity contribution in [2.24, 2.45) is 0 Å². The number of fused-ring (bicyclic) bond motifs is 1. The van der Waals surface area contributed by atoms with Crippen molar-refractivity contribution in [3.8, 4) is 5.75 Å². The van der Waals surface area contributed by atoms with Gasteiger partial charge in [-0.1, -0.05) is 42.5 Å². The van der Waals surface area contributed by atoms with Gasteiger partial charge in [-0.2, -0.15) is 0 Å². The molecule has 0 unspecified atom stereocenters. The molecule has 0 aromatic heterocycles. The topological polar surface area (TPSA) is 58.6 Å². The minimum atomic E-state index is -0.712. The van der Waals surface area contributed by atoms with Crippen LogP contribution in [-0.2, 0) is 16.1 Å². The zero-order valence-corrected chi connectivity index (χ0v) is 18.3. The van der Waals surface area contributed by atoms with Gasteiger partial charge in [-0.05, 0) is 57.4 Å². The predicted molar refractivity (Wildman–Crippen MR) is 118 cm³/mol. The molecule has 0 fully saturated rings. The van der Waals surface area contributed by atoms with Gasteiger partial charge in [0.25, 0.3) is 5.91 Å². The average molecular weight is 473 g/mol. The highest BCUT2D eigenvalue weighted by atomic mass is 79.9. The van der Waals surface area contributed by atoms with Gasteiger partial charge >= 0.3 is 0 Å². The largest absolute Gasteiger partial charge is 0.483 e. The Labute approximate surface area is 183 Å². The Morgan fingerprint density at radius 3 is 2.50 bits per heavy atom. The Morgan fingerprint density at radius 2 is 1.80 bits per heavy atom. The second kappa shape index (κ2) is 9.71. The van der Waals surface area contributed by atoms with Crippen LogP contribution in [0, 0.1) is 5.82 Å². The predicted octanol–water partition coefficient (Wildman–Crippen LogP) is 4.28. The summed E-state index contributed by atoms with van der Waals surface area (Å²) >= 11 is 3.54. The molecule has 0 aliphatic heterocycles. The zero-order chi connectivity index (χ0) is 21.7. The van der Waals surface area contributed by atoms with Crippen molar-refractivity contribution in [1.29, 1.82) is 0 Å². The number of nitrogens with one attached hydrogen (secondary N) is 1. The van der Waals surface area contributed by atoms with Crippen LogP contribution in [0.4, 0.5) is 4.39 Å². The smallest absolute Gasteiger partial charge is 0.261 e. The van der Waals surface area contributed by atoms with Crippen LogP contribution in [0.3, 0.4) is 0 Å². The van der Waals surface area contributed by atoms with E-state index in [9.17, 15) is 14.0 Å². The minimum absolute atomic E-state index is 0.163. The first kappa shape index (κ1) is 21.8. The fraction of sp³-hybridized carbons (Fsp3) is 0.217. The van der Waals surface area contributed by atoms with Crippen LogP contribution in [-0.4, -0.2) is 36.4 Å². The van der Waals surface area contributed by atoms with Crippen molar-refractivity contribution in [3.05, 3.63) is 76.5 Å². The first-order valence-electron chi connectivity index (χ1n) is 9.46. The van der Waals surface area contributed by atoms with Crippen LogP contribution >= 0.6 is 15.9 Å². The number of benzene rings is 3. The van der Waals surface area contributed by atoms with E-state index in [1.807, 2.05) is 30.3 Å². The third-order valence-electron chi connectivity index (χ3n) is 4.86. The van der Waals surface area contributed by atoms with Crippen molar-refractivity contribution in [2.75, 3.05) is 13.7 Å². The number of hydrogen-bond donors (Lipinski definition) is 1. The lowest BCUT2D eigenvalue weighted by molar-refractivity contribution is -0.142. The van der Waals surface area contributed by atoms with E-state index >= 15 is 0 Å². The van der Waals surface area contributed by atoms with Crippen LogP contribution < -0.4 is 10.1 Å². The van der Waals surface area contributed by atoms with Gasteiger partial charge in [0.2, 0.25) is 5.91 Å². The van der Waals surface area contributed by atoms with E-state index in [0.29, 0.717) is 11.3 Å². The highest BCUT2D eigenvalue weighted by Gasteiger charge is 2.26.